The summed E-state index contributed by atoms with van der Waals surface area (Å²) in [5.74, 6) is -1.07. The van der Waals surface area contributed by atoms with Crippen LogP contribution in [0.2, 0.25) is 0 Å². The molecule has 0 heterocycles. The summed E-state index contributed by atoms with van der Waals surface area (Å²) < 4.78 is 27.3. The van der Waals surface area contributed by atoms with Gasteiger partial charge in [0.25, 0.3) is 0 Å². The first-order chi connectivity index (χ1) is 15.4. The fraction of sp³-hybridized carbons (Fsp3) is 0.500. The zero-order chi connectivity index (χ0) is 22.9. The summed E-state index contributed by atoms with van der Waals surface area (Å²) in [5, 5.41) is 17.0. The number of aryl methyl sites for hydroxylation is 1. The molecule has 2 aromatic carbocycles. The molecule has 0 radical (unpaired) electrons. The lowest BCUT2D eigenvalue weighted by molar-refractivity contribution is -0.123. The maximum absolute atomic E-state index is 13.7. The van der Waals surface area contributed by atoms with Crippen LogP contribution < -0.4 is 10.6 Å². The van der Waals surface area contributed by atoms with Crippen LogP contribution in [0.15, 0.2) is 42.5 Å². The molecule has 174 valence electrons. The molecule has 3 N–H and O–H groups in total. The van der Waals surface area contributed by atoms with Crippen LogP contribution in [0.4, 0.5) is 8.78 Å². The highest BCUT2D eigenvalue weighted by atomic mass is 19.1. The van der Waals surface area contributed by atoms with Crippen LogP contribution in [0.1, 0.15) is 55.7 Å². The molecule has 0 aromatic heterocycles. The average molecular weight is 445 g/mol. The molecular weight excluding hydrogens is 410 g/mol. The third kappa shape index (κ3) is 7.68. The number of nitrogens with one attached hydrogen (secondary N) is 2. The molecule has 1 amide bonds. The van der Waals surface area contributed by atoms with Crippen molar-refractivity contribution >= 4 is 5.91 Å². The largest absolute Gasteiger partial charge is 0.390 e. The summed E-state index contributed by atoms with van der Waals surface area (Å²) in [6, 6.07) is 10.9. The second-order valence-corrected chi connectivity index (χ2v) is 8.88. The molecule has 0 unspecified atom stereocenters. The van der Waals surface area contributed by atoms with Crippen LogP contribution in [0, 0.1) is 17.6 Å². The summed E-state index contributed by atoms with van der Waals surface area (Å²) in [6.45, 7) is 2.94. The Hall–Kier alpha value is -2.31. The molecule has 0 saturated heterocycles. The quantitative estimate of drug-likeness (QED) is 0.485. The summed E-state index contributed by atoms with van der Waals surface area (Å²) >= 11 is 0. The van der Waals surface area contributed by atoms with Crippen LogP contribution in [-0.4, -0.2) is 29.7 Å². The first-order valence-electron chi connectivity index (χ1n) is 11.6. The molecule has 32 heavy (non-hydrogen) atoms. The van der Waals surface area contributed by atoms with Crippen LogP contribution in [0.5, 0.6) is 0 Å². The van der Waals surface area contributed by atoms with E-state index in [1.54, 1.807) is 0 Å². The molecule has 2 aromatic rings. The van der Waals surface area contributed by atoms with E-state index in [9.17, 15) is 18.7 Å². The zero-order valence-electron chi connectivity index (χ0n) is 18.7. The lowest BCUT2D eigenvalue weighted by Crippen LogP contribution is -2.49. The number of aliphatic hydroxyl groups is 1. The van der Waals surface area contributed by atoms with Crippen LogP contribution in [0.25, 0.3) is 0 Å². The van der Waals surface area contributed by atoms with Gasteiger partial charge in [0, 0.05) is 25.6 Å². The fourth-order valence-corrected chi connectivity index (χ4v) is 4.47. The number of amides is 1. The third-order valence-corrected chi connectivity index (χ3v) is 6.22. The topological polar surface area (TPSA) is 61.4 Å². The van der Waals surface area contributed by atoms with Gasteiger partial charge in [0.05, 0.1) is 12.1 Å². The van der Waals surface area contributed by atoms with E-state index >= 15 is 0 Å². The third-order valence-electron chi connectivity index (χ3n) is 6.22. The Labute approximate surface area is 189 Å². The zero-order valence-corrected chi connectivity index (χ0v) is 18.7. The van der Waals surface area contributed by atoms with E-state index < -0.39 is 23.8 Å². The van der Waals surface area contributed by atoms with E-state index in [2.05, 4.69) is 29.7 Å². The second-order valence-electron chi connectivity index (χ2n) is 8.88. The SMILES string of the molecule is CCc1cccc(CNC[C@H](O)[C@H](Cc2cc(F)cc(F)c2)NC(=O)CC2CCCC2)c1. The Bertz CT molecular complexity index is 864. The van der Waals surface area contributed by atoms with Crippen molar-refractivity contribution in [1.29, 1.82) is 0 Å². The maximum Gasteiger partial charge on any atom is 0.220 e. The van der Waals surface area contributed by atoms with Crippen molar-refractivity contribution < 1.29 is 18.7 Å². The number of carbonyl (C=O) groups is 1. The second kappa shape index (κ2) is 12.1. The molecule has 6 heteroatoms. The van der Waals surface area contributed by atoms with E-state index in [0.29, 0.717) is 24.4 Å². The van der Waals surface area contributed by atoms with E-state index in [-0.39, 0.29) is 18.9 Å². The van der Waals surface area contributed by atoms with Crippen molar-refractivity contribution in [2.75, 3.05) is 6.54 Å². The highest BCUT2D eigenvalue weighted by molar-refractivity contribution is 5.76. The van der Waals surface area contributed by atoms with Gasteiger partial charge in [-0.1, -0.05) is 44.0 Å². The summed E-state index contributed by atoms with van der Waals surface area (Å²) in [4.78, 5) is 12.6. The van der Waals surface area contributed by atoms with Gasteiger partial charge in [0.2, 0.25) is 5.91 Å². The van der Waals surface area contributed by atoms with Crippen molar-refractivity contribution in [3.63, 3.8) is 0 Å². The van der Waals surface area contributed by atoms with Gasteiger partial charge in [-0.25, -0.2) is 8.78 Å². The minimum atomic E-state index is -0.900. The van der Waals surface area contributed by atoms with Gasteiger partial charge in [-0.15, -0.1) is 0 Å². The van der Waals surface area contributed by atoms with Gasteiger partial charge < -0.3 is 15.7 Å². The predicted octanol–water partition coefficient (Wildman–Crippen LogP) is 4.29. The lowest BCUT2D eigenvalue weighted by atomic mass is 9.99. The van der Waals surface area contributed by atoms with Crippen LogP contribution in [-0.2, 0) is 24.2 Å². The van der Waals surface area contributed by atoms with Gasteiger partial charge in [-0.05, 0) is 60.4 Å². The summed E-state index contributed by atoms with van der Waals surface area (Å²) in [7, 11) is 0. The molecule has 1 aliphatic rings. The summed E-state index contributed by atoms with van der Waals surface area (Å²) in [5.41, 5.74) is 2.77. The molecule has 2 atom stereocenters. The lowest BCUT2D eigenvalue weighted by Gasteiger charge is -2.25. The van der Waals surface area contributed by atoms with Crippen molar-refractivity contribution in [2.45, 2.75) is 70.6 Å². The number of halogens is 2. The first kappa shape index (κ1) is 24.3. The summed E-state index contributed by atoms with van der Waals surface area (Å²) in [6.07, 6.45) is 5.03. The van der Waals surface area contributed by atoms with Crippen molar-refractivity contribution in [3.8, 4) is 0 Å². The average Bonchev–Trinajstić information content (AvgIpc) is 3.25. The molecule has 1 fully saturated rings. The standard InChI is InChI=1S/C26H34F2N2O2/c1-2-18-8-5-9-20(10-18)16-29-17-25(31)24(13-21-11-22(27)15-23(28)12-21)30-26(32)14-19-6-3-4-7-19/h5,8-12,15,19,24-25,29,31H,2-4,6-7,13-14,16-17H2,1H3,(H,30,32)/t24-,25-/m0/s1. The Balaban J connectivity index is 1.61. The van der Waals surface area contributed by atoms with Crippen molar-refractivity contribution in [1.82, 2.24) is 10.6 Å². The number of rotatable bonds is 11. The minimum Gasteiger partial charge on any atom is -0.390 e. The minimum absolute atomic E-state index is 0.117. The van der Waals surface area contributed by atoms with Crippen LogP contribution in [0.3, 0.4) is 0 Å². The van der Waals surface area contributed by atoms with E-state index in [1.165, 1.54) is 17.7 Å². The molecule has 0 spiro atoms. The van der Waals surface area contributed by atoms with E-state index in [0.717, 1.165) is 43.7 Å². The number of aliphatic hydroxyl groups excluding tert-OH is 1. The number of carbonyl (C=O) groups excluding carboxylic acids is 1. The number of benzene rings is 2. The van der Waals surface area contributed by atoms with Crippen LogP contribution >= 0.6 is 0 Å². The fourth-order valence-electron chi connectivity index (χ4n) is 4.47. The number of hydrogen-bond acceptors (Lipinski definition) is 3. The maximum atomic E-state index is 13.7. The van der Waals surface area contributed by atoms with Gasteiger partial charge in [0.15, 0.2) is 0 Å². The molecule has 1 aliphatic carbocycles. The Morgan fingerprint density at radius 1 is 1.06 bits per heavy atom. The molecule has 0 bridgehead atoms. The highest BCUT2D eigenvalue weighted by Crippen LogP contribution is 2.27. The first-order valence-corrected chi connectivity index (χ1v) is 11.6. The molecule has 4 nitrogen and oxygen atoms in total. The monoisotopic (exact) mass is 444 g/mol. The Morgan fingerprint density at radius 2 is 1.75 bits per heavy atom. The van der Waals surface area contributed by atoms with E-state index in [1.807, 2.05) is 12.1 Å². The van der Waals surface area contributed by atoms with Crippen molar-refractivity contribution in [3.05, 3.63) is 70.8 Å². The molecular formula is C26H34F2N2O2. The molecule has 3 rings (SSSR count). The van der Waals surface area contributed by atoms with Gasteiger partial charge >= 0.3 is 0 Å². The molecule has 1 saturated carbocycles. The smallest absolute Gasteiger partial charge is 0.220 e. The highest BCUT2D eigenvalue weighted by Gasteiger charge is 2.25. The van der Waals surface area contributed by atoms with Crippen molar-refractivity contribution in [2.24, 2.45) is 5.92 Å². The Kier molecular flexibility index (Phi) is 9.18. The van der Waals surface area contributed by atoms with Gasteiger partial charge in [-0.3, -0.25) is 4.79 Å². The van der Waals surface area contributed by atoms with E-state index in [4.69, 9.17) is 0 Å². The molecule has 0 aliphatic heterocycles. The normalized spacial score (nSPS) is 16.1. The van der Waals surface area contributed by atoms with Gasteiger partial charge in [0.1, 0.15) is 11.6 Å². The van der Waals surface area contributed by atoms with Gasteiger partial charge in [-0.2, -0.15) is 0 Å². The predicted molar refractivity (Wildman–Crippen MR) is 122 cm³/mol. The Morgan fingerprint density at radius 3 is 2.44 bits per heavy atom. The number of hydrogen-bond donors (Lipinski definition) is 3.